The minimum Gasteiger partial charge on any atom is -0.493 e. The highest BCUT2D eigenvalue weighted by atomic mass is 16.5. The van der Waals surface area contributed by atoms with Gasteiger partial charge in [-0.2, -0.15) is 0 Å². The van der Waals surface area contributed by atoms with E-state index in [-0.39, 0.29) is 11.3 Å². The highest BCUT2D eigenvalue weighted by Crippen LogP contribution is 2.52. The number of methoxy groups -OCH3 is 1. The molecule has 2 aliphatic rings. The number of unbranched alkanes of at least 4 members (excludes halogenated alkanes) is 2. The summed E-state index contributed by atoms with van der Waals surface area (Å²) in [5.41, 5.74) is 2.48. The van der Waals surface area contributed by atoms with E-state index in [1.165, 1.54) is 12.0 Å². The largest absolute Gasteiger partial charge is 0.493 e. The third kappa shape index (κ3) is 3.56. The van der Waals surface area contributed by atoms with Crippen LogP contribution in [0.3, 0.4) is 0 Å². The molecule has 5 heteroatoms. The molecule has 2 aliphatic heterocycles. The van der Waals surface area contributed by atoms with Crippen LogP contribution in [0.5, 0.6) is 11.5 Å². The first-order valence-corrected chi connectivity index (χ1v) is 11.1. The number of carbonyl (C=O) groups is 1. The Hall–Kier alpha value is -2.95. The number of hydrogen-bond acceptors (Lipinski definition) is 4. The van der Waals surface area contributed by atoms with Gasteiger partial charge in [-0.15, -0.1) is 0 Å². The highest BCUT2D eigenvalue weighted by Gasteiger charge is 2.59. The molecule has 0 aliphatic carbocycles. The van der Waals surface area contributed by atoms with Gasteiger partial charge < -0.3 is 19.7 Å². The molecule has 1 atom stereocenters. The van der Waals surface area contributed by atoms with E-state index in [0.717, 1.165) is 35.6 Å². The van der Waals surface area contributed by atoms with Gasteiger partial charge in [0.2, 0.25) is 5.91 Å². The Morgan fingerprint density at radius 3 is 2.71 bits per heavy atom. The van der Waals surface area contributed by atoms with E-state index >= 15 is 0 Å². The van der Waals surface area contributed by atoms with E-state index in [2.05, 4.69) is 61.3 Å². The molecule has 1 fully saturated rings. The monoisotopic (exact) mass is 420 g/mol. The second kappa shape index (κ2) is 8.29. The first-order valence-electron chi connectivity index (χ1n) is 11.1. The van der Waals surface area contributed by atoms with Crippen molar-refractivity contribution < 1.29 is 14.3 Å². The third-order valence-corrected chi connectivity index (χ3v) is 6.59. The van der Waals surface area contributed by atoms with E-state index in [1.807, 2.05) is 24.3 Å². The van der Waals surface area contributed by atoms with Crippen LogP contribution in [0.15, 0.2) is 48.5 Å². The van der Waals surface area contributed by atoms with Gasteiger partial charge in [-0.3, -0.25) is 4.79 Å². The molecule has 164 valence electrons. The van der Waals surface area contributed by atoms with Gasteiger partial charge in [0.15, 0.2) is 11.5 Å². The van der Waals surface area contributed by atoms with E-state index in [1.54, 1.807) is 7.11 Å². The molecule has 0 bridgehead atoms. The van der Waals surface area contributed by atoms with E-state index in [0.29, 0.717) is 13.2 Å². The van der Waals surface area contributed by atoms with E-state index < -0.39 is 5.66 Å². The number of rotatable bonds is 8. The van der Waals surface area contributed by atoms with Crippen LogP contribution in [-0.4, -0.2) is 31.8 Å². The molecule has 0 saturated carbocycles. The summed E-state index contributed by atoms with van der Waals surface area (Å²) in [6.07, 6.45) is 7.55. The molecule has 2 aromatic rings. The number of anilines is 1. The van der Waals surface area contributed by atoms with Crippen molar-refractivity contribution in [2.45, 2.75) is 51.1 Å². The Balaban J connectivity index is 1.62. The predicted octanol–water partition coefficient (Wildman–Crippen LogP) is 4.90. The topological polar surface area (TPSA) is 50.8 Å². The number of para-hydroxylation sites is 1. The maximum Gasteiger partial charge on any atom is 0.241 e. The van der Waals surface area contributed by atoms with Gasteiger partial charge >= 0.3 is 0 Å². The van der Waals surface area contributed by atoms with Crippen LogP contribution in [0.25, 0.3) is 6.08 Å². The molecule has 2 aromatic carbocycles. The molecule has 0 aromatic heterocycles. The molecule has 31 heavy (non-hydrogen) atoms. The highest BCUT2D eigenvalue weighted by molar-refractivity contribution is 5.91. The van der Waals surface area contributed by atoms with E-state index in [4.69, 9.17) is 9.47 Å². The van der Waals surface area contributed by atoms with E-state index in [9.17, 15) is 4.79 Å². The number of hydrogen-bond donors (Lipinski definition) is 1. The summed E-state index contributed by atoms with van der Waals surface area (Å²) in [5.74, 6) is 1.52. The van der Waals surface area contributed by atoms with Crippen molar-refractivity contribution in [1.82, 2.24) is 5.32 Å². The number of nitrogens with zero attached hydrogens (tertiary/aromatic N) is 1. The van der Waals surface area contributed by atoms with Gasteiger partial charge in [-0.1, -0.05) is 64.0 Å². The number of fused-ring (bicyclic) bond motifs is 3. The summed E-state index contributed by atoms with van der Waals surface area (Å²) < 4.78 is 11.5. The van der Waals surface area contributed by atoms with Crippen molar-refractivity contribution in [1.29, 1.82) is 0 Å². The summed E-state index contributed by atoms with van der Waals surface area (Å²) in [6.45, 7) is 7.61. The molecule has 0 unspecified atom stereocenters. The van der Waals surface area contributed by atoms with Crippen LogP contribution in [-0.2, 0) is 10.2 Å². The summed E-state index contributed by atoms with van der Waals surface area (Å²) in [7, 11) is 1.66. The molecule has 1 N–H and O–H groups in total. The van der Waals surface area contributed by atoms with Gasteiger partial charge in [0.05, 0.1) is 20.3 Å². The smallest absolute Gasteiger partial charge is 0.241 e. The molecule has 4 rings (SSSR count). The number of amides is 1. The van der Waals surface area contributed by atoms with Crippen LogP contribution < -0.4 is 19.7 Å². The fourth-order valence-electron chi connectivity index (χ4n) is 4.80. The van der Waals surface area contributed by atoms with Crippen LogP contribution >= 0.6 is 0 Å². The standard InChI is InChI=1S/C26H32N2O3/c1-5-6-9-16-31-22-13-12-19(17-23(22)30-4)14-15-26-25(2,3)20-10-7-8-11-21(20)28(26)18-24(29)27-26/h7-8,10-15,17H,5-6,9,16,18H2,1-4H3,(H,27,29)/b15-14+/t26-/m0/s1. The Morgan fingerprint density at radius 1 is 1.13 bits per heavy atom. The maximum atomic E-state index is 12.4. The number of ether oxygens (including phenoxy) is 2. The van der Waals surface area contributed by atoms with Gasteiger partial charge in [0.25, 0.3) is 0 Å². The first-order chi connectivity index (χ1) is 14.9. The Bertz CT molecular complexity index is 998. The summed E-state index contributed by atoms with van der Waals surface area (Å²) in [4.78, 5) is 14.6. The Morgan fingerprint density at radius 2 is 1.94 bits per heavy atom. The predicted molar refractivity (Wildman–Crippen MR) is 125 cm³/mol. The van der Waals surface area contributed by atoms with Crippen LogP contribution in [0.4, 0.5) is 5.69 Å². The SMILES string of the molecule is CCCCCOc1ccc(/C=C/[C@]23NC(=O)CN2c2ccccc2C3(C)C)cc1OC. The van der Waals surface area contributed by atoms with Gasteiger partial charge in [0.1, 0.15) is 5.66 Å². The lowest BCUT2D eigenvalue weighted by Crippen LogP contribution is -2.58. The maximum absolute atomic E-state index is 12.4. The Kier molecular flexibility index (Phi) is 5.69. The van der Waals surface area contributed by atoms with Crippen molar-refractivity contribution in [2.75, 3.05) is 25.2 Å². The minimum absolute atomic E-state index is 0.0423. The summed E-state index contributed by atoms with van der Waals surface area (Å²) in [6, 6.07) is 14.3. The van der Waals surface area contributed by atoms with Crippen LogP contribution in [0.1, 0.15) is 51.2 Å². The average molecular weight is 421 g/mol. The molecular formula is C26H32N2O3. The van der Waals surface area contributed by atoms with Crippen LogP contribution in [0, 0.1) is 0 Å². The number of benzene rings is 2. The second-order valence-corrected chi connectivity index (χ2v) is 8.84. The molecule has 1 amide bonds. The fraction of sp³-hybridized carbons (Fsp3) is 0.423. The summed E-state index contributed by atoms with van der Waals surface area (Å²) in [5, 5.41) is 3.26. The minimum atomic E-state index is -0.601. The lowest BCUT2D eigenvalue weighted by Gasteiger charge is -2.40. The zero-order valence-electron chi connectivity index (χ0n) is 18.9. The Labute approximate surface area is 185 Å². The van der Waals surface area contributed by atoms with Crippen molar-refractivity contribution >= 4 is 17.7 Å². The number of nitrogens with one attached hydrogen (secondary N) is 1. The molecule has 1 saturated heterocycles. The van der Waals surface area contributed by atoms with Crippen molar-refractivity contribution in [3.8, 4) is 11.5 Å². The molecule has 0 radical (unpaired) electrons. The summed E-state index contributed by atoms with van der Waals surface area (Å²) >= 11 is 0. The quantitative estimate of drug-likeness (QED) is 0.617. The molecule has 2 heterocycles. The third-order valence-electron chi connectivity index (χ3n) is 6.59. The van der Waals surface area contributed by atoms with Gasteiger partial charge in [0, 0.05) is 11.1 Å². The van der Waals surface area contributed by atoms with Crippen molar-refractivity contribution in [2.24, 2.45) is 0 Å². The first kappa shape index (κ1) is 21.3. The lowest BCUT2D eigenvalue weighted by molar-refractivity contribution is -0.118. The molecule has 5 nitrogen and oxygen atoms in total. The van der Waals surface area contributed by atoms with Gasteiger partial charge in [-0.25, -0.2) is 0 Å². The zero-order chi connectivity index (χ0) is 22.1. The second-order valence-electron chi connectivity index (χ2n) is 8.84. The van der Waals surface area contributed by atoms with Crippen molar-refractivity contribution in [3.05, 3.63) is 59.7 Å². The van der Waals surface area contributed by atoms with Crippen LogP contribution in [0.2, 0.25) is 0 Å². The lowest BCUT2D eigenvalue weighted by atomic mass is 9.75. The average Bonchev–Trinajstić information content (AvgIpc) is 3.20. The molecule has 0 spiro atoms. The number of carbonyl (C=O) groups excluding carboxylic acids is 1. The molecular weight excluding hydrogens is 388 g/mol. The fourth-order valence-corrected chi connectivity index (χ4v) is 4.80. The zero-order valence-corrected chi connectivity index (χ0v) is 18.9. The van der Waals surface area contributed by atoms with Gasteiger partial charge in [-0.05, 0) is 41.8 Å². The van der Waals surface area contributed by atoms with Crippen molar-refractivity contribution in [3.63, 3.8) is 0 Å². The normalized spacial score (nSPS) is 21.2.